The van der Waals surface area contributed by atoms with E-state index in [-0.39, 0.29) is 12.1 Å². The molecule has 0 bridgehead atoms. The Labute approximate surface area is 146 Å². The van der Waals surface area contributed by atoms with Gasteiger partial charge in [0.1, 0.15) is 6.61 Å². The van der Waals surface area contributed by atoms with Gasteiger partial charge in [-0.3, -0.25) is 0 Å². The maximum absolute atomic E-state index is 11.8. The van der Waals surface area contributed by atoms with Crippen molar-refractivity contribution in [1.29, 1.82) is 0 Å². The van der Waals surface area contributed by atoms with E-state index >= 15 is 0 Å². The lowest BCUT2D eigenvalue weighted by molar-refractivity contribution is 0.125. The molecule has 4 nitrogen and oxygen atoms in total. The summed E-state index contributed by atoms with van der Waals surface area (Å²) >= 11 is 4.14. The number of carbonyl (C=O) groups excluding carboxylic acids is 1. The zero-order valence-corrected chi connectivity index (χ0v) is 14.8. The summed E-state index contributed by atoms with van der Waals surface area (Å²) in [5.74, 6) is 3.83. The quantitative estimate of drug-likeness (QED) is 0.824. The van der Waals surface area contributed by atoms with Gasteiger partial charge in [-0.15, -0.1) is 0 Å². The maximum atomic E-state index is 11.8. The average Bonchev–Trinajstić information content (AvgIpc) is 2.57. The van der Waals surface area contributed by atoms with E-state index < -0.39 is 0 Å². The second kappa shape index (κ2) is 8.85. The first-order valence-corrected chi connectivity index (χ1v) is 10.4. The Balaban J connectivity index is 1.25. The van der Waals surface area contributed by atoms with Gasteiger partial charge in [-0.1, -0.05) is 30.3 Å². The molecule has 1 aliphatic heterocycles. The number of rotatable bonds is 6. The minimum absolute atomic E-state index is 0.254. The van der Waals surface area contributed by atoms with Crippen LogP contribution in [0.15, 0.2) is 30.3 Å². The molecule has 3 rings (SSSR count). The number of carbonyl (C=O) groups is 1. The van der Waals surface area contributed by atoms with Crippen LogP contribution in [0.4, 0.5) is 4.79 Å². The topological polar surface area (TPSA) is 50.4 Å². The first kappa shape index (κ1) is 17.0. The highest BCUT2D eigenvalue weighted by Crippen LogP contribution is 2.25. The lowest BCUT2D eigenvalue weighted by Crippen LogP contribution is -2.53. The molecule has 1 aliphatic carbocycles. The lowest BCUT2D eigenvalue weighted by atomic mass is 9.87. The predicted molar refractivity (Wildman–Crippen MR) is 98.1 cm³/mol. The number of thioether (sulfide) groups is 2. The maximum Gasteiger partial charge on any atom is 0.407 e. The summed E-state index contributed by atoms with van der Waals surface area (Å²) in [6.45, 7) is 1.42. The molecule has 1 heterocycles. The highest BCUT2D eigenvalue weighted by molar-refractivity contribution is 8.06. The highest BCUT2D eigenvalue weighted by atomic mass is 32.2. The van der Waals surface area contributed by atoms with Crippen LogP contribution in [0.25, 0.3) is 0 Å². The van der Waals surface area contributed by atoms with E-state index in [1.807, 2.05) is 30.3 Å². The molecule has 1 aromatic rings. The minimum Gasteiger partial charge on any atom is -0.445 e. The molecule has 2 N–H and O–H groups in total. The molecule has 1 saturated heterocycles. The van der Waals surface area contributed by atoms with Gasteiger partial charge in [0.15, 0.2) is 0 Å². The molecular weight excluding hydrogens is 328 g/mol. The van der Waals surface area contributed by atoms with E-state index in [4.69, 9.17) is 4.74 Å². The average molecular weight is 353 g/mol. The van der Waals surface area contributed by atoms with Crippen LogP contribution in [-0.4, -0.2) is 47.2 Å². The van der Waals surface area contributed by atoms with E-state index in [9.17, 15) is 4.79 Å². The fourth-order valence-electron chi connectivity index (χ4n) is 2.79. The highest BCUT2D eigenvalue weighted by Gasteiger charge is 2.31. The molecule has 1 amide bonds. The smallest absolute Gasteiger partial charge is 0.407 e. The summed E-state index contributed by atoms with van der Waals surface area (Å²) in [4.78, 5) is 11.8. The van der Waals surface area contributed by atoms with Crippen LogP contribution in [0, 0.1) is 0 Å². The van der Waals surface area contributed by atoms with Gasteiger partial charge in [-0.25, -0.2) is 4.79 Å². The van der Waals surface area contributed by atoms with E-state index in [1.54, 1.807) is 0 Å². The monoisotopic (exact) mass is 352 g/mol. The molecule has 1 saturated carbocycles. The number of benzene rings is 1. The first-order valence-electron chi connectivity index (χ1n) is 8.19. The Bertz CT molecular complexity index is 489. The van der Waals surface area contributed by atoms with Crippen molar-refractivity contribution in [2.24, 2.45) is 0 Å². The molecule has 126 valence electrons. The summed E-state index contributed by atoms with van der Waals surface area (Å²) in [7, 11) is 0. The molecule has 2 fully saturated rings. The molecule has 0 spiro atoms. The Hall–Kier alpha value is -0.850. The van der Waals surface area contributed by atoms with Crippen molar-refractivity contribution in [3.63, 3.8) is 0 Å². The van der Waals surface area contributed by atoms with Gasteiger partial charge in [0.05, 0.1) is 0 Å². The second-order valence-electron chi connectivity index (χ2n) is 6.05. The molecule has 0 aromatic heterocycles. The van der Waals surface area contributed by atoms with E-state index in [2.05, 4.69) is 34.2 Å². The van der Waals surface area contributed by atoms with Gasteiger partial charge in [0, 0.05) is 41.1 Å². The van der Waals surface area contributed by atoms with Crippen LogP contribution in [0.3, 0.4) is 0 Å². The van der Waals surface area contributed by atoms with Crippen LogP contribution in [0.5, 0.6) is 0 Å². The third-order valence-corrected chi connectivity index (χ3v) is 7.04. The molecule has 1 atom stereocenters. The number of alkyl carbamates (subject to hydrolysis) is 1. The molecule has 1 unspecified atom stereocenters. The van der Waals surface area contributed by atoms with Gasteiger partial charge in [0.25, 0.3) is 0 Å². The molecular formula is C17H24N2O2S2. The van der Waals surface area contributed by atoms with Crippen LogP contribution < -0.4 is 10.6 Å². The van der Waals surface area contributed by atoms with Gasteiger partial charge in [-0.05, 0) is 18.4 Å². The molecule has 23 heavy (non-hydrogen) atoms. The Morgan fingerprint density at radius 2 is 2.00 bits per heavy atom. The minimum atomic E-state index is -0.309. The van der Waals surface area contributed by atoms with Gasteiger partial charge in [0.2, 0.25) is 0 Å². The van der Waals surface area contributed by atoms with Crippen LogP contribution >= 0.6 is 23.5 Å². The van der Waals surface area contributed by atoms with E-state index in [0.717, 1.165) is 30.2 Å². The lowest BCUT2D eigenvalue weighted by Gasteiger charge is -2.37. The molecule has 1 aromatic carbocycles. The first-order chi connectivity index (χ1) is 11.3. The molecule has 0 radical (unpaired) electrons. The third-order valence-electron chi connectivity index (χ3n) is 4.19. The zero-order valence-electron chi connectivity index (χ0n) is 13.2. The zero-order chi connectivity index (χ0) is 15.9. The van der Waals surface area contributed by atoms with Gasteiger partial charge < -0.3 is 15.4 Å². The number of hydrogen-bond donors (Lipinski definition) is 2. The van der Waals surface area contributed by atoms with E-state index in [1.165, 1.54) is 17.3 Å². The second-order valence-corrected chi connectivity index (χ2v) is 8.61. The Morgan fingerprint density at radius 1 is 1.17 bits per heavy atom. The van der Waals surface area contributed by atoms with E-state index in [0.29, 0.717) is 12.6 Å². The fraction of sp³-hybridized carbons (Fsp3) is 0.588. The van der Waals surface area contributed by atoms with Gasteiger partial charge in [-0.2, -0.15) is 23.5 Å². The Kier molecular flexibility index (Phi) is 6.54. The largest absolute Gasteiger partial charge is 0.445 e. The fourth-order valence-corrected chi connectivity index (χ4v) is 5.41. The van der Waals surface area contributed by atoms with Crippen molar-refractivity contribution in [2.75, 3.05) is 23.8 Å². The standard InChI is InChI=1S/C17H24N2O2S2/c20-17(21-11-13-4-2-1-3-5-13)19-15-8-14(9-15)18-10-16-12-22-6-7-23-16/h1-5,14-16,18H,6-12H2,(H,19,20). The summed E-state index contributed by atoms with van der Waals surface area (Å²) in [6.07, 6.45) is 1.70. The van der Waals surface area contributed by atoms with Crippen molar-refractivity contribution in [1.82, 2.24) is 10.6 Å². The summed E-state index contributed by atoms with van der Waals surface area (Å²) in [6, 6.07) is 10.6. The van der Waals surface area contributed by atoms with Crippen molar-refractivity contribution >= 4 is 29.6 Å². The number of hydrogen-bond acceptors (Lipinski definition) is 5. The van der Waals surface area contributed by atoms with Gasteiger partial charge >= 0.3 is 6.09 Å². The summed E-state index contributed by atoms with van der Waals surface area (Å²) < 4.78 is 5.25. The van der Waals surface area contributed by atoms with Crippen LogP contribution in [-0.2, 0) is 11.3 Å². The van der Waals surface area contributed by atoms with Crippen molar-refractivity contribution in [3.05, 3.63) is 35.9 Å². The normalized spacial score (nSPS) is 27.0. The predicted octanol–water partition coefficient (Wildman–Crippen LogP) is 2.88. The van der Waals surface area contributed by atoms with Crippen molar-refractivity contribution < 1.29 is 9.53 Å². The molecule has 6 heteroatoms. The summed E-state index contributed by atoms with van der Waals surface area (Å²) in [5.41, 5.74) is 1.01. The number of amides is 1. The number of ether oxygens (including phenoxy) is 1. The molecule has 2 aliphatic rings. The van der Waals surface area contributed by atoms with Crippen LogP contribution in [0.2, 0.25) is 0 Å². The third kappa shape index (κ3) is 5.62. The van der Waals surface area contributed by atoms with Crippen molar-refractivity contribution in [2.45, 2.75) is 36.8 Å². The van der Waals surface area contributed by atoms with Crippen molar-refractivity contribution in [3.8, 4) is 0 Å². The number of nitrogens with one attached hydrogen (secondary N) is 2. The summed E-state index contributed by atoms with van der Waals surface area (Å²) in [5, 5.41) is 7.31. The van der Waals surface area contributed by atoms with Crippen LogP contribution in [0.1, 0.15) is 18.4 Å². The Morgan fingerprint density at radius 3 is 2.74 bits per heavy atom. The SMILES string of the molecule is O=C(NC1CC(NCC2CSCCS2)C1)OCc1ccccc1.